The van der Waals surface area contributed by atoms with Crippen molar-refractivity contribution in [2.75, 3.05) is 16.4 Å². The Morgan fingerprint density at radius 3 is 2.38 bits per heavy atom. The molecule has 0 saturated heterocycles. The first-order valence-corrected chi connectivity index (χ1v) is 13.0. The number of nitrogens with zero attached hydrogens (tertiary/aromatic N) is 1. The molecule has 0 aliphatic heterocycles. The molecule has 0 aliphatic rings. The maximum absolute atomic E-state index is 12.5. The van der Waals surface area contributed by atoms with Gasteiger partial charge in [0.15, 0.2) is 4.34 Å². The summed E-state index contributed by atoms with van der Waals surface area (Å²) in [5, 5.41) is 6.50. The van der Waals surface area contributed by atoms with Crippen molar-refractivity contribution in [1.82, 2.24) is 4.98 Å². The van der Waals surface area contributed by atoms with Crippen LogP contribution >= 0.6 is 46.3 Å². The maximum atomic E-state index is 12.5. The number of thioether (sulfide) groups is 1. The first-order chi connectivity index (χ1) is 16.3. The minimum absolute atomic E-state index is 0.0869. The Labute approximate surface area is 215 Å². The molecule has 1 heterocycles. The van der Waals surface area contributed by atoms with E-state index in [4.69, 9.17) is 23.2 Å². The lowest BCUT2D eigenvalue weighted by molar-refractivity contribution is -0.113. The molecule has 2 N–H and O–H groups in total. The van der Waals surface area contributed by atoms with Crippen LogP contribution in [0.4, 0.5) is 11.4 Å². The molecule has 0 spiro atoms. The Hall–Kier alpha value is -2.58. The molecule has 5 nitrogen and oxygen atoms in total. The number of halogens is 2. The van der Waals surface area contributed by atoms with Crippen molar-refractivity contribution in [2.45, 2.75) is 24.1 Å². The number of hydrogen-bond acceptors (Lipinski definition) is 5. The standard InChI is InChI=1S/C25H21Cl2N3O2S2/c1-14(2)15-3-6-17(7-4-15)28-23(31)13-33-25-30-21-10-8-18(12-22(21)34-25)29-24(32)16-5-9-19(26)20(27)11-16/h3-12,14H,13H2,1-2H3,(H,28,31)(H,29,32). The van der Waals surface area contributed by atoms with E-state index in [9.17, 15) is 9.59 Å². The van der Waals surface area contributed by atoms with E-state index in [1.165, 1.54) is 34.7 Å². The zero-order valence-electron chi connectivity index (χ0n) is 18.4. The number of amides is 2. The molecule has 0 aliphatic carbocycles. The maximum Gasteiger partial charge on any atom is 0.255 e. The van der Waals surface area contributed by atoms with Gasteiger partial charge in [-0.05, 0) is 60.0 Å². The topological polar surface area (TPSA) is 71.1 Å². The van der Waals surface area contributed by atoms with E-state index >= 15 is 0 Å². The molecule has 0 radical (unpaired) electrons. The monoisotopic (exact) mass is 529 g/mol. The third-order valence-electron chi connectivity index (χ3n) is 5.00. The van der Waals surface area contributed by atoms with Crippen LogP contribution in [0.25, 0.3) is 10.2 Å². The van der Waals surface area contributed by atoms with Gasteiger partial charge in [-0.1, -0.05) is 60.9 Å². The largest absolute Gasteiger partial charge is 0.325 e. The Morgan fingerprint density at radius 1 is 0.941 bits per heavy atom. The lowest BCUT2D eigenvalue weighted by Gasteiger charge is -2.08. The molecule has 4 aromatic rings. The van der Waals surface area contributed by atoms with Crippen molar-refractivity contribution < 1.29 is 9.59 Å². The lowest BCUT2D eigenvalue weighted by atomic mass is 10.0. The molecule has 0 fully saturated rings. The number of carbonyl (C=O) groups excluding carboxylic acids is 2. The van der Waals surface area contributed by atoms with E-state index in [0.29, 0.717) is 27.2 Å². The second kappa shape index (κ2) is 10.8. The molecule has 0 saturated carbocycles. The minimum Gasteiger partial charge on any atom is -0.325 e. The van der Waals surface area contributed by atoms with Crippen LogP contribution in [0.3, 0.4) is 0 Å². The zero-order valence-corrected chi connectivity index (χ0v) is 21.5. The van der Waals surface area contributed by atoms with Gasteiger partial charge in [-0.15, -0.1) is 11.3 Å². The van der Waals surface area contributed by atoms with Crippen LogP contribution in [0.15, 0.2) is 65.0 Å². The zero-order chi connectivity index (χ0) is 24.2. The van der Waals surface area contributed by atoms with Crippen LogP contribution in [0.1, 0.15) is 35.7 Å². The number of carbonyl (C=O) groups is 2. The third-order valence-corrected chi connectivity index (χ3v) is 7.90. The van der Waals surface area contributed by atoms with E-state index < -0.39 is 0 Å². The summed E-state index contributed by atoms with van der Waals surface area (Å²) in [4.78, 5) is 29.5. The van der Waals surface area contributed by atoms with Crippen LogP contribution < -0.4 is 10.6 Å². The van der Waals surface area contributed by atoms with Crippen LogP contribution in [0, 0.1) is 0 Å². The fourth-order valence-electron chi connectivity index (χ4n) is 3.16. The second-order valence-electron chi connectivity index (χ2n) is 7.86. The first kappa shape index (κ1) is 24.5. The van der Waals surface area contributed by atoms with E-state index in [0.717, 1.165) is 20.2 Å². The predicted octanol–water partition coefficient (Wildman–Crippen LogP) is 7.71. The number of benzene rings is 3. The highest BCUT2D eigenvalue weighted by Crippen LogP contribution is 2.32. The van der Waals surface area contributed by atoms with E-state index in [-0.39, 0.29) is 17.6 Å². The highest BCUT2D eigenvalue weighted by Gasteiger charge is 2.12. The number of nitrogens with one attached hydrogen (secondary N) is 2. The van der Waals surface area contributed by atoms with Crippen LogP contribution in [0.2, 0.25) is 10.0 Å². The van der Waals surface area contributed by atoms with Crippen molar-refractivity contribution in [3.8, 4) is 0 Å². The molecule has 0 bridgehead atoms. The number of aromatic nitrogens is 1. The molecule has 0 atom stereocenters. The van der Waals surface area contributed by atoms with Gasteiger partial charge in [0.25, 0.3) is 5.91 Å². The second-order valence-corrected chi connectivity index (χ2v) is 10.9. The molecule has 0 unspecified atom stereocenters. The molecule has 3 aromatic carbocycles. The molecule has 4 rings (SSSR count). The van der Waals surface area contributed by atoms with Crippen molar-refractivity contribution >= 4 is 79.7 Å². The van der Waals surface area contributed by atoms with Crippen LogP contribution in [-0.4, -0.2) is 22.6 Å². The van der Waals surface area contributed by atoms with Crippen molar-refractivity contribution in [3.63, 3.8) is 0 Å². The number of fused-ring (bicyclic) bond motifs is 1. The van der Waals surface area contributed by atoms with E-state index in [1.807, 2.05) is 36.4 Å². The molecular weight excluding hydrogens is 509 g/mol. The first-order valence-electron chi connectivity index (χ1n) is 10.5. The SMILES string of the molecule is CC(C)c1ccc(NC(=O)CSc2nc3ccc(NC(=O)c4ccc(Cl)c(Cl)c4)cc3s2)cc1. The fraction of sp³-hybridized carbons (Fsp3) is 0.160. The van der Waals surface area contributed by atoms with Gasteiger partial charge in [0.05, 0.1) is 26.0 Å². The van der Waals surface area contributed by atoms with Gasteiger partial charge in [0.1, 0.15) is 0 Å². The highest BCUT2D eigenvalue weighted by atomic mass is 35.5. The Kier molecular flexibility index (Phi) is 7.78. The van der Waals surface area contributed by atoms with Crippen LogP contribution in [0.5, 0.6) is 0 Å². The summed E-state index contributed by atoms with van der Waals surface area (Å²) in [6.45, 7) is 4.27. The fourth-order valence-corrected chi connectivity index (χ4v) is 5.37. The Bertz CT molecular complexity index is 1350. The third kappa shape index (κ3) is 6.10. The van der Waals surface area contributed by atoms with E-state index in [2.05, 4.69) is 29.5 Å². The average molecular weight is 531 g/mol. The molecule has 174 valence electrons. The predicted molar refractivity (Wildman–Crippen MR) is 144 cm³/mol. The molecule has 2 amide bonds. The van der Waals surface area contributed by atoms with Gasteiger partial charge in [0, 0.05) is 16.9 Å². The van der Waals surface area contributed by atoms with Gasteiger partial charge in [-0.2, -0.15) is 0 Å². The number of anilines is 2. The van der Waals surface area contributed by atoms with Gasteiger partial charge in [0.2, 0.25) is 5.91 Å². The number of thiazole rings is 1. The summed E-state index contributed by atoms with van der Waals surface area (Å²) in [6.07, 6.45) is 0. The summed E-state index contributed by atoms with van der Waals surface area (Å²) in [6, 6.07) is 18.1. The summed E-state index contributed by atoms with van der Waals surface area (Å²) < 4.78 is 1.70. The van der Waals surface area contributed by atoms with Crippen molar-refractivity contribution in [3.05, 3.63) is 81.8 Å². The Balaban J connectivity index is 1.36. The number of hydrogen-bond donors (Lipinski definition) is 2. The summed E-state index contributed by atoms with van der Waals surface area (Å²) in [5.74, 6) is 0.336. The average Bonchev–Trinajstić information content (AvgIpc) is 3.22. The van der Waals surface area contributed by atoms with Crippen molar-refractivity contribution in [2.24, 2.45) is 0 Å². The smallest absolute Gasteiger partial charge is 0.255 e. The normalized spacial score (nSPS) is 11.1. The molecule has 9 heteroatoms. The minimum atomic E-state index is -0.282. The Morgan fingerprint density at radius 2 is 1.68 bits per heavy atom. The quantitative estimate of drug-likeness (QED) is 0.240. The summed E-state index contributed by atoms with van der Waals surface area (Å²) >= 11 is 14.8. The van der Waals surface area contributed by atoms with Gasteiger partial charge in [-0.3, -0.25) is 9.59 Å². The van der Waals surface area contributed by atoms with Crippen molar-refractivity contribution in [1.29, 1.82) is 0 Å². The number of rotatable bonds is 7. The van der Waals surface area contributed by atoms with E-state index in [1.54, 1.807) is 18.2 Å². The van der Waals surface area contributed by atoms with Gasteiger partial charge >= 0.3 is 0 Å². The molecular formula is C25H21Cl2N3O2S2. The summed E-state index contributed by atoms with van der Waals surface area (Å²) in [7, 11) is 0. The highest BCUT2D eigenvalue weighted by molar-refractivity contribution is 8.01. The molecule has 34 heavy (non-hydrogen) atoms. The lowest BCUT2D eigenvalue weighted by Crippen LogP contribution is -2.13. The van der Waals surface area contributed by atoms with Gasteiger partial charge < -0.3 is 10.6 Å². The van der Waals surface area contributed by atoms with Gasteiger partial charge in [-0.25, -0.2) is 4.98 Å². The molecule has 1 aromatic heterocycles. The summed E-state index contributed by atoms with van der Waals surface area (Å²) in [5.41, 5.74) is 3.88. The van der Waals surface area contributed by atoms with Crippen LogP contribution in [-0.2, 0) is 4.79 Å².